The Morgan fingerprint density at radius 1 is 0.723 bits per heavy atom. The molecule has 5 aromatic carbocycles. The maximum atomic E-state index is 6.10. The van der Waals surface area contributed by atoms with E-state index >= 15 is 0 Å². The molecule has 1 aromatic heterocycles. The topological polar surface area (TPSA) is 27.1 Å². The molecule has 0 amide bonds. The number of aromatic nitrogens is 2. The first kappa shape index (κ1) is 33.5. The zero-order valence-corrected chi connectivity index (χ0v) is 28.3. The molecule has 0 spiro atoms. The second kappa shape index (κ2) is 17.7. The lowest BCUT2D eigenvalue weighted by Crippen LogP contribution is -2.46. The summed E-state index contributed by atoms with van der Waals surface area (Å²) in [4.78, 5) is 4.41. The van der Waals surface area contributed by atoms with Crippen molar-refractivity contribution in [3.63, 3.8) is 0 Å². The summed E-state index contributed by atoms with van der Waals surface area (Å²) in [6.07, 6.45) is 10.7. The van der Waals surface area contributed by atoms with Crippen LogP contribution >= 0.6 is 0 Å². The first-order valence-corrected chi connectivity index (χ1v) is 17.6. The van der Waals surface area contributed by atoms with Gasteiger partial charge in [0.2, 0.25) is 6.71 Å². The maximum Gasteiger partial charge on any atom is 0.233 e. The Bertz CT molecular complexity index is 1650. The molecule has 6 rings (SSSR count). The van der Waals surface area contributed by atoms with Gasteiger partial charge in [0.1, 0.15) is 15.3 Å². The number of nitrogens with zero attached hydrogens (tertiary/aromatic N) is 2. The molecule has 47 heavy (non-hydrogen) atoms. The molecule has 0 atom stereocenters. The Morgan fingerprint density at radius 3 is 1.81 bits per heavy atom. The van der Waals surface area contributed by atoms with Gasteiger partial charge in [-0.1, -0.05) is 176 Å². The van der Waals surface area contributed by atoms with Crippen molar-refractivity contribution in [1.29, 1.82) is 0 Å². The van der Waals surface area contributed by atoms with Crippen LogP contribution in [0.15, 0.2) is 177 Å². The Kier molecular flexibility index (Phi) is 12.6. The molecule has 0 bridgehead atoms. The molecule has 0 fully saturated rings. The zero-order valence-electron chi connectivity index (χ0n) is 27.3. The van der Waals surface area contributed by atoms with Crippen molar-refractivity contribution in [1.82, 2.24) is 9.55 Å². The van der Waals surface area contributed by atoms with E-state index in [2.05, 4.69) is 163 Å². The highest BCUT2D eigenvalue weighted by Gasteiger charge is 2.37. The highest BCUT2D eigenvalue weighted by Crippen LogP contribution is 2.33. The largest absolute Gasteiger partial charge is 0.494 e. The van der Waals surface area contributed by atoms with E-state index in [0.29, 0.717) is 16.2 Å². The molecule has 5 heteroatoms. The molecule has 0 aliphatic carbocycles. The minimum atomic E-state index is -0.376. The Hall–Kier alpha value is -4.87. The van der Waals surface area contributed by atoms with Crippen molar-refractivity contribution in [2.75, 3.05) is 6.61 Å². The van der Waals surface area contributed by atoms with Crippen LogP contribution in [0.25, 0.3) is 0 Å². The second-order valence-electron chi connectivity index (χ2n) is 11.5. The second-order valence-corrected chi connectivity index (χ2v) is 13.1. The molecule has 234 valence electrons. The molecular formula is C42H43BN2OSi. The first-order valence-electron chi connectivity index (χ1n) is 16.6. The molecule has 0 saturated heterocycles. The lowest BCUT2D eigenvalue weighted by atomic mass is 9.41. The molecule has 1 heterocycles. The standard InChI is InChI=1S/C28H30N2OSi.C14H13B/c1-2-3-4-11-21-31-26-17-12-18-27(22-26)32-28(30-20-19-29-23-30,24-13-7-5-8-14-24)25-15-9-6-10-16-25;1-2-15(13-9-5-3-6-10-13)14-11-7-4-8-12-14/h5-10,12-20,22-23H,2-4,11,21H2,1H3;2-12H,1H2. The Morgan fingerprint density at radius 2 is 1.30 bits per heavy atom. The predicted molar refractivity (Wildman–Crippen MR) is 201 cm³/mol. The summed E-state index contributed by atoms with van der Waals surface area (Å²) >= 11 is 0. The summed E-state index contributed by atoms with van der Waals surface area (Å²) in [5.74, 6) is 2.94. The van der Waals surface area contributed by atoms with Gasteiger partial charge in [0.05, 0.1) is 18.1 Å². The lowest BCUT2D eigenvalue weighted by molar-refractivity contribution is 0.305. The molecule has 3 nitrogen and oxygen atoms in total. The highest BCUT2D eigenvalue weighted by molar-refractivity contribution is 6.89. The molecule has 0 aliphatic rings. The van der Waals surface area contributed by atoms with Crippen LogP contribution in [0.5, 0.6) is 5.75 Å². The average molecular weight is 631 g/mol. The smallest absolute Gasteiger partial charge is 0.233 e. The van der Waals surface area contributed by atoms with Crippen LogP contribution in [0.4, 0.5) is 0 Å². The molecule has 2 radical (unpaired) electrons. The number of ether oxygens (including phenoxy) is 1. The number of rotatable bonds is 14. The van der Waals surface area contributed by atoms with Gasteiger partial charge in [0, 0.05) is 12.4 Å². The third-order valence-electron chi connectivity index (χ3n) is 8.25. The van der Waals surface area contributed by atoms with E-state index in [1.807, 2.05) is 30.6 Å². The van der Waals surface area contributed by atoms with Gasteiger partial charge in [-0.15, -0.1) is 12.6 Å². The van der Waals surface area contributed by atoms with Crippen LogP contribution in [0, 0.1) is 0 Å². The van der Waals surface area contributed by atoms with E-state index < -0.39 is 0 Å². The van der Waals surface area contributed by atoms with Gasteiger partial charge in [-0.05, 0) is 29.7 Å². The summed E-state index contributed by atoms with van der Waals surface area (Å²) in [5, 5.41) is 0.885. The van der Waals surface area contributed by atoms with E-state index in [1.165, 1.54) is 46.5 Å². The molecule has 0 aliphatic heterocycles. The monoisotopic (exact) mass is 630 g/mol. The normalized spacial score (nSPS) is 10.8. The van der Waals surface area contributed by atoms with E-state index in [1.54, 1.807) is 0 Å². The fraction of sp³-hybridized carbons (Fsp3) is 0.167. The third-order valence-corrected chi connectivity index (χ3v) is 10.1. The minimum Gasteiger partial charge on any atom is -0.494 e. The molecular weight excluding hydrogens is 587 g/mol. The number of benzene rings is 5. The number of hydrogen-bond acceptors (Lipinski definition) is 2. The van der Waals surface area contributed by atoms with Crippen LogP contribution in [-0.2, 0) is 5.16 Å². The van der Waals surface area contributed by atoms with Crippen LogP contribution in [0.2, 0.25) is 0 Å². The lowest BCUT2D eigenvalue weighted by Gasteiger charge is -2.36. The van der Waals surface area contributed by atoms with Gasteiger partial charge < -0.3 is 9.30 Å². The van der Waals surface area contributed by atoms with Crippen LogP contribution in [-0.4, -0.2) is 32.4 Å². The molecule has 0 unspecified atom stereocenters. The SMILES string of the molecule is C=CB(c1ccccc1)c1ccccc1.CCCCCCOc1cccc([Si]C(c2ccccc2)(c2ccccc2)n2ccnc2)c1. The predicted octanol–water partition coefficient (Wildman–Crippen LogP) is 7.64. The van der Waals surface area contributed by atoms with Gasteiger partial charge in [-0.25, -0.2) is 4.98 Å². The fourth-order valence-corrected chi connectivity index (χ4v) is 7.56. The Balaban J connectivity index is 0.000000241. The summed E-state index contributed by atoms with van der Waals surface area (Å²) in [5.41, 5.74) is 5.07. The van der Waals surface area contributed by atoms with Crippen LogP contribution in [0.3, 0.4) is 0 Å². The van der Waals surface area contributed by atoms with Crippen molar-refractivity contribution in [3.8, 4) is 5.75 Å². The maximum absolute atomic E-state index is 6.10. The Labute approximate surface area is 283 Å². The molecule has 0 N–H and O–H groups in total. The van der Waals surface area contributed by atoms with Crippen molar-refractivity contribution < 1.29 is 4.74 Å². The van der Waals surface area contributed by atoms with E-state index in [4.69, 9.17) is 4.74 Å². The van der Waals surface area contributed by atoms with Gasteiger partial charge in [-0.2, -0.15) is 0 Å². The minimum absolute atomic E-state index is 0.299. The number of hydrogen-bond donors (Lipinski definition) is 0. The zero-order chi connectivity index (χ0) is 32.6. The first-order chi connectivity index (χ1) is 23.2. The van der Waals surface area contributed by atoms with Gasteiger partial charge >= 0.3 is 0 Å². The summed E-state index contributed by atoms with van der Waals surface area (Å²) in [6, 6.07) is 50.9. The van der Waals surface area contributed by atoms with Crippen LogP contribution < -0.4 is 20.8 Å². The van der Waals surface area contributed by atoms with Gasteiger partial charge in [0.15, 0.2) is 0 Å². The van der Waals surface area contributed by atoms with Crippen molar-refractivity contribution in [2.45, 2.75) is 37.8 Å². The van der Waals surface area contributed by atoms with Gasteiger partial charge in [0.25, 0.3) is 0 Å². The highest BCUT2D eigenvalue weighted by atomic mass is 28.2. The summed E-state index contributed by atoms with van der Waals surface area (Å²) in [6.45, 7) is 7.22. The van der Waals surface area contributed by atoms with E-state index in [0.717, 1.165) is 18.8 Å². The van der Waals surface area contributed by atoms with Crippen molar-refractivity contribution in [3.05, 3.63) is 188 Å². The van der Waals surface area contributed by atoms with E-state index in [-0.39, 0.29) is 5.16 Å². The van der Waals surface area contributed by atoms with Gasteiger partial charge in [-0.3, -0.25) is 0 Å². The quantitative estimate of drug-likeness (QED) is 0.0914. The summed E-state index contributed by atoms with van der Waals surface area (Å²) in [7, 11) is 0.460. The van der Waals surface area contributed by atoms with E-state index in [9.17, 15) is 0 Å². The number of imidazole rings is 1. The third kappa shape index (κ3) is 8.90. The van der Waals surface area contributed by atoms with Crippen molar-refractivity contribution >= 4 is 32.3 Å². The number of unbranched alkanes of at least 4 members (excludes halogenated alkanes) is 3. The fourth-order valence-electron chi connectivity index (χ4n) is 5.87. The molecule has 0 saturated carbocycles. The summed E-state index contributed by atoms with van der Waals surface area (Å²) < 4.78 is 8.34. The van der Waals surface area contributed by atoms with Crippen LogP contribution in [0.1, 0.15) is 43.7 Å². The average Bonchev–Trinajstić information content (AvgIpc) is 3.69. The van der Waals surface area contributed by atoms with Crippen molar-refractivity contribution in [2.24, 2.45) is 0 Å². The molecule has 6 aromatic rings.